The van der Waals surface area contributed by atoms with Crippen molar-refractivity contribution in [2.24, 2.45) is 0 Å². The van der Waals surface area contributed by atoms with Gasteiger partial charge in [-0.05, 0) is 47.5 Å². The molecule has 8 heteroatoms. The van der Waals surface area contributed by atoms with Crippen LogP contribution < -0.4 is 4.90 Å². The van der Waals surface area contributed by atoms with Gasteiger partial charge in [-0.3, -0.25) is 20.0 Å². The van der Waals surface area contributed by atoms with E-state index in [1.807, 2.05) is 6.07 Å². The van der Waals surface area contributed by atoms with Crippen LogP contribution in [0.5, 0.6) is 0 Å². The van der Waals surface area contributed by atoms with Crippen LogP contribution in [0, 0.1) is 21.7 Å². The van der Waals surface area contributed by atoms with Gasteiger partial charge in [0.05, 0.1) is 16.4 Å². The van der Waals surface area contributed by atoms with Crippen molar-refractivity contribution in [2.75, 3.05) is 31.1 Å². The van der Waals surface area contributed by atoms with Gasteiger partial charge in [-0.15, -0.1) is 0 Å². The molecule has 0 spiro atoms. The van der Waals surface area contributed by atoms with Crippen molar-refractivity contribution in [3.63, 3.8) is 0 Å². The molecule has 172 valence electrons. The quantitative estimate of drug-likeness (QED) is 0.298. The van der Waals surface area contributed by atoms with Crippen molar-refractivity contribution in [1.29, 1.82) is 0 Å². The maximum atomic E-state index is 13.6. The molecule has 0 amide bonds. The number of pyridine rings is 1. The number of non-ortho nitro benzene ring substituents is 1. The first-order valence-corrected chi connectivity index (χ1v) is 11.0. The summed E-state index contributed by atoms with van der Waals surface area (Å²) in [7, 11) is 0. The van der Waals surface area contributed by atoms with E-state index in [0.717, 1.165) is 22.2 Å². The highest BCUT2D eigenvalue weighted by Crippen LogP contribution is 2.35. The summed E-state index contributed by atoms with van der Waals surface area (Å²) in [5.41, 5.74) is 2.85. The Labute approximate surface area is 195 Å². The fourth-order valence-electron chi connectivity index (χ4n) is 4.72. The lowest BCUT2D eigenvalue weighted by Gasteiger charge is -2.41. The van der Waals surface area contributed by atoms with Crippen molar-refractivity contribution in [1.82, 2.24) is 9.88 Å². The number of piperazine rings is 1. The minimum Gasteiger partial charge on any atom is -0.368 e. The Morgan fingerprint density at radius 1 is 0.794 bits per heavy atom. The molecule has 34 heavy (non-hydrogen) atoms. The molecule has 0 bridgehead atoms. The Bertz CT molecular complexity index is 1280. The summed E-state index contributed by atoms with van der Waals surface area (Å²) in [4.78, 5) is 19.6. The van der Waals surface area contributed by atoms with Crippen LogP contribution in [0.15, 0.2) is 79.1 Å². The summed E-state index contributed by atoms with van der Waals surface area (Å²) in [5, 5.41) is 12.8. The van der Waals surface area contributed by atoms with Gasteiger partial charge in [0.25, 0.3) is 5.69 Å². The molecule has 1 fully saturated rings. The minimum absolute atomic E-state index is 0.0400. The zero-order valence-corrected chi connectivity index (χ0v) is 18.3. The summed E-state index contributed by atoms with van der Waals surface area (Å²) >= 11 is 0. The lowest BCUT2D eigenvalue weighted by molar-refractivity contribution is -0.383. The zero-order chi connectivity index (χ0) is 23.7. The second-order valence-electron chi connectivity index (χ2n) is 8.31. The molecule has 0 atom stereocenters. The molecule has 5 rings (SSSR count). The van der Waals surface area contributed by atoms with Gasteiger partial charge >= 0.3 is 0 Å². The highest BCUT2D eigenvalue weighted by Gasteiger charge is 2.28. The van der Waals surface area contributed by atoms with Crippen LogP contribution in [0.1, 0.15) is 17.2 Å². The number of hydrogen-bond donors (Lipinski definition) is 0. The summed E-state index contributed by atoms with van der Waals surface area (Å²) in [6.07, 6.45) is 3.18. The summed E-state index contributed by atoms with van der Waals surface area (Å²) in [5.74, 6) is -0.600. The maximum Gasteiger partial charge on any atom is 0.278 e. The number of nitro groups is 1. The third kappa shape index (κ3) is 4.20. The topological polar surface area (TPSA) is 62.5 Å². The van der Waals surface area contributed by atoms with Gasteiger partial charge in [0.1, 0.15) is 11.6 Å². The SMILES string of the molecule is O=[N+]([O-])c1ccc(N2CCN(C(c3ccc(F)cc3)c3ccc(F)cc3)CC2)c2ccncc12. The summed E-state index contributed by atoms with van der Waals surface area (Å²) in [6, 6.07) is 17.9. The van der Waals surface area contributed by atoms with Crippen LogP contribution in [0.2, 0.25) is 0 Å². The zero-order valence-electron chi connectivity index (χ0n) is 18.3. The molecule has 0 unspecified atom stereocenters. The maximum absolute atomic E-state index is 13.6. The second-order valence-corrected chi connectivity index (χ2v) is 8.31. The summed E-state index contributed by atoms with van der Waals surface area (Å²) in [6.45, 7) is 2.83. The van der Waals surface area contributed by atoms with E-state index in [-0.39, 0.29) is 28.3 Å². The Balaban J connectivity index is 1.43. The molecule has 4 aromatic rings. The molecule has 0 radical (unpaired) electrons. The lowest BCUT2D eigenvalue weighted by Crippen LogP contribution is -2.48. The van der Waals surface area contributed by atoms with Gasteiger partial charge in [0.15, 0.2) is 0 Å². The number of rotatable bonds is 5. The Hall–Kier alpha value is -3.91. The van der Waals surface area contributed by atoms with Crippen molar-refractivity contribution in [2.45, 2.75) is 6.04 Å². The highest BCUT2D eigenvalue weighted by molar-refractivity contribution is 5.99. The van der Waals surface area contributed by atoms with Crippen molar-refractivity contribution >= 4 is 22.1 Å². The lowest BCUT2D eigenvalue weighted by atomic mass is 9.96. The van der Waals surface area contributed by atoms with E-state index in [4.69, 9.17) is 0 Å². The van der Waals surface area contributed by atoms with Crippen LogP contribution in [0.25, 0.3) is 10.8 Å². The molecule has 1 aliphatic rings. The minimum atomic E-state index is -0.387. The van der Waals surface area contributed by atoms with Gasteiger partial charge in [-0.1, -0.05) is 24.3 Å². The van der Waals surface area contributed by atoms with Crippen molar-refractivity contribution in [3.05, 3.63) is 112 Å². The molecule has 0 saturated carbocycles. The predicted molar refractivity (Wildman–Crippen MR) is 127 cm³/mol. The average Bonchev–Trinajstić information content (AvgIpc) is 2.86. The van der Waals surface area contributed by atoms with Gasteiger partial charge < -0.3 is 4.90 Å². The number of aromatic nitrogens is 1. The first kappa shape index (κ1) is 21.9. The van der Waals surface area contributed by atoms with Gasteiger partial charge in [-0.2, -0.15) is 0 Å². The number of halogens is 2. The Morgan fingerprint density at radius 3 is 1.94 bits per heavy atom. The molecule has 0 aliphatic carbocycles. The normalized spacial score (nSPS) is 14.6. The van der Waals surface area contributed by atoms with Gasteiger partial charge in [0.2, 0.25) is 0 Å². The number of nitrogens with zero attached hydrogens (tertiary/aromatic N) is 4. The van der Waals surface area contributed by atoms with Gasteiger partial charge in [-0.25, -0.2) is 8.78 Å². The standard InChI is InChI=1S/C26H22F2N4O2/c27-20-5-1-18(2-6-20)26(19-3-7-21(28)8-4-19)31-15-13-30(14-16-31)24-9-10-25(32(33)34)23-17-29-12-11-22(23)24/h1-12,17,26H,13-16H2. The largest absolute Gasteiger partial charge is 0.368 e. The average molecular weight is 460 g/mol. The highest BCUT2D eigenvalue weighted by atomic mass is 19.1. The smallest absolute Gasteiger partial charge is 0.278 e. The van der Waals surface area contributed by atoms with E-state index in [9.17, 15) is 18.9 Å². The van der Waals surface area contributed by atoms with E-state index >= 15 is 0 Å². The molecule has 1 aromatic heterocycles. The Kier molecular flexibility index (Phi) is 5.90. The first-order valence-electron chi connectivity index (χ1n) is 11.0. The van der Waals surface area contributed by atoms with E-state index in [1.165, 1.54) is 36.5 Å². The van der Waals surface area contributed by atoms with Crippen LogP contribution in [0.4, 0.5) is 20.2 Å². The van der Waals surface area contributed by atoms with Crippen molar-refractivity contribution < 1.29 is 13.7 Å². The number of anilines is 1. The molecular weight excluding hydrogens is 438 g/mol. The third-order valence-electron chi connectivity index (χ3n) is 6.36. The van der Waals surface area contributed by atoms with Crippen LogP contribution in [0.3, 0.4) is 0 Å². The number of benzene rings is 3. The fourth-order valence-corrected chi connectivity index (χ4v) is 4.72. The molecule has 1 aliphatic heterocycles. The number of fused-ring (bicyclic) bond motifs is 1. The van der Waals surface area contributed by atoms with E-state index in [0.29, 0.717) is 31.6 Å². The fraction of sp³-hybridized carbons (Fsp3) is 0.192. The molecular formula is C26H22F2N4O2. The van der Waals surface area contributed by atoms with Gasteiger partial charge in [0, 0.05) is 55.7 Å². The molecule has 6 nitrogen and oxygen atoms in total. The first-order chi connectivity index (χ1) is 16.5. The summed E-state index contributed by atoms with van der Waals surface area (Å²) < 4.78 is 27.2. The van der Waals surface area contributed by atoms with E-state index < -0.39 is 0 Å². The second kappa shape index (κ2) is 9.15. The van der Waals surface area contributed by atoms with E-state index in [2.05, 4.69) is 14.8 Å². The molecule has 0 N–H and O–H groups in total. The van der Waals surface area contributed by atoms with Crippen LogP contribution in [-0.4, -0.2) is 41.0 Å². The molecule has 3 aromatic carbocycles. The predicted octanol–water partition coefficient (Wildman–Crippen LogP) is 5.33. The van der Waals surface area contributed by atoms with Crippen molar-refractivity contribution in [3.8, 4) is 0 Å². The Morgan fingerprint density at radius 2 is 1.38 bits per heavy atom. The third-order valence-corrected chi connectivity index (χ3v) is 6.36. The number of hydrogen-bond acceptors (Lipinski definition) is 5. The van der Waals surface area contributed by atoms with Crippen LogP contribution >= 0.6 is 0 Å². The van der Waals surface area contributed by atoms with Crippen LogP contribution in [-0.2, 0) is 0 Å². The number of nitro benzene ring substituents is 1. The monoisotopic (exact) mass is 460 g/mol. The molecule has 2 heterocycles. The van der Waals surface area contributed by atoms with E-state index in [1.54, 1.807) is 36.5 Å². The molecule has 1 saturated heterocycles.